The first-order valence-electron chi connectivity index (χ1n) is 8.02. The SMILES string of the molecule is CC(C)CC(CNC(=O)c1cc(Cl)ccc1F)N1CCOCC1. The first-order chi connectivity index (χ1) is 11.0. The number of amides is 1. The summed E-state index contributed by atoms with van der Waals surface area (Å²) in [5, 5.41) is 3.20. The van der Waals surface area contributed by atoms with Gasteiger partial charge in [-0.05, 0) is 30.5 Å². The highest BCUT2D eigenvalue weighted by Gasteiger charge is 2.23. The van der Waals surface area contributed by atoms with Gasteiger partial charge in [0.15, 0.2) is 0 Å². The summed E-state index contributed by atoms with van der Waals surface area (Å²) in [7, 11) is 0. The van der Waals surface area contributed by atoms with Crippen LogP contribution in [0.4, 0.5) is 4.39 Å². The number of ether oxygens (including phenoxy) is 1. The number of carbonyl (C=O) groups excluding carboxylic acids is 1. The maximum absolute atomic E-state index is 13.8. The van der Waals surface area contributed by atoms with E-state index in [9.17, 15) is 9.18 Å². The lowest BCUT2D eigenvalue weighted by molar-refractivity contribution is 0.0124. The van der Waals surface area contributed by atoms with Gasteiger partial charge in [-0.2, -0.15) is 0 Å². The van der Waals surface area contributed by atoms with Crippen molar-refractivity contribution in [2.75, 3.05) is 32.8 Å². The van der Waals surface area contributed by atoms with E-state index in [-0.39, 0.29) is 11.6 Å². The Bertz CT molecular complexity index is 533. The Morgan fingerprint density at radius 1 is 1.39 bits per heavy atom. The average Bonchev–Trinajstić information content (AvgIpc) is 2.54. The monoisotopic (exact) mass is 342 g/mol. The second-order valence-corrected chi connectivity index (χ2v) is 6.70. The summed E-state index contributed by atoms with van der Waals surface area (Å²) in [6.07, 6.45) is 0.971. The maximum Gasteiger partial charge on any atom is 0.254 e. The summed E-state index contributed by atoms with van der Waals surface area (Å²) in [4.78, 5) is 14.6. The number of carbonyl (C=O) groups is 1. The van der Waals surface area contributed by atoms with E-state index in [1.165, 1.54) is 18.2 Å². The molecular weight excluding hydrogens is 319 g/mol. The van der Waals surface area contributed by atoms with Gasteiger partial charge in [0, 0.05) is 30.7 Å². The molecule has 1 N–H and O–H groups in total. The fraction of sp³-hybridized carbons (Fsp3) is 0.588. The van der Waals surface area contributed by atoms with Gasteiger partial charge >= 0.3 is 0 Å². The Hall–Kier alpha value is -1.17. The summed E-state index contributed by atoms with van der Waals surface area (Å²) in [6.45, 7) is 7.95. The minimum atomic E-state index is -0.557. The predicted molar refractivity (Wildman–Crippen MR) is 89.4 cm³/mol. The second-order valence-electron chi connectivity index (χ2n) is 6.27. The van der Waals surface area contributed by atoms with Gasteiger partial charge in [0.25, 0.3) is 5.91 Å². The van der Waals surface area contributed by atoms with Crippen molar-refractivity contribution in [3.63, 3.8) is 0 Å². The van der Waals surface area contributed by atoms with Crippen molar-refractivity contribution >= 4 is 17.5 Å². The molecule has 0 spiro atoms. The smallest absolute Gasteiger partial charge is 0.254 e. The van der Waals surface area contributed by atoms with Crippen LogP contribution in [0.5, 0.6) is 0 Å². The molecule has 23 heavy (non-hydrogen) atoms. The lowest BCUT2D eigenvalue weighted by atomic mass is 10.0. The molecule has 1 unspecified atom stereocenters. The van der Waals surface area contributed by atoms with E-state index >= 15 is 0 Å². The average molecular weight is 343 g/mol. The van der Waals surface area contributed by atoms with Crippen molar-refractivity contribution in [3.8, 4) is 0 Å². The number of rotatable bonds is 6. The molecule has 1 fully saturated rings. The molecule has 1 saturated heterocycles. The van der Waals surface area contributed by atoms with Crippen LogP contribution in [-0.4, -0.2) is 49.7 Å². The molecule has 1 aliphatic rings. The van der Waals surface area contributed by atoms with Gasteiger partial charge in [0.05, 0.1) is 18.8 Å². The lowest BCUT2D eigenvalue weighted by Crippen LogP contribution is -2.49. The van der Waals surface area contributed by atoms with Gasteiger partial charge in [0.2, 0.25) is 0 Å². The third kappa shape index (κ3) is 5.44. The van der Waals surface area contributed by atoms with Crippen LogP contribution in [0.1, 0.15) is 30.6 Å². The third-order valence-electron chi connectivity index (χ3n) is 3.98. The predicted octanol–water partition coefficient (Wildman–Crippen LogP) is 2.96. The van der Waals surface area contributed by atoms with Crippen molar-refractivity contribution in [2.24, 2.45) is 5.92 Å². The minimum absolute atomic E-state index is 0.0113. The highest BCUT2D eigenvalue weighted by molar-refractivity contribution is 6.30. The molecule has 0 bridgehead atoms. The maximum atomic E-state index is 13.8. The summed E-state index contributed by atoms with van der Waals surface area (Å²) >= 11 is 5.85. The fourth-order valence-corrected chi connectivity index (χ4v) is 3.00. The molecule has 128 valence electrons. The number of hydrogen-bond acceptors (Lipinski definition) is 3. The number of hydrogen-bond donors (Lipinski definition) is 1. The van der Waals surface area contributed by atoms with Crippen molar-refractivity contribution < 1.29 is 13.9 Å². The molecule has 1 aliphatic heterocycles. The zero-order chi connectivity index (χ0) is 16.8. The minimum Gasteiger partial charge on any atom is -0.379 e. The summed E-state index contributed by atoms with van der Waals surface area (Å²) < 4.78 is 19.1. The van der Waals surface area contributed by atoms with Gasteiger partial charge in [-0.15, -0.1) is 0 Å². The third-order valence-corrected chi connectivity index (χ3v) is 4.21. The largest absolute Gasteiger partial charge is 0.379 e. The van der Waals surface area contributed by atoms with E-state index in [1.807, 2.05) is 0 Å². The fourth-order valence-electron chi connectivity index (χ4n) is 2.83. The van der Waals surface area contributed by atoms with Crippen molar-refractivity contribution in [1.29, 1.82) is 0 Å². The molecule has 0 aromatic heterocycles. The van der Waals surface area contributed by atoms with E-state index in [4.69, 9.17) is 16.3 Å². The van der Waals surface area contributed by atoms with Gasteiger partial charge in [-0.1, -0.05) is 25.4 Å². The zero-order valence-electron chi connectivity index (χ0n) is 13.6. The second kappa shape index (κ2) is 8.62. The molecule has 4 nitrogen and oxygen atoms in total. The van der Waals surface area contributed by atoms with E-state index in [0.717, 1.165) is 19.5 Å². The van der Waals surface area contributed by atoms with Crippen LogP contribution in [0.2, 0.25) is 5.02 Å². The molecular formula is C17H24ClFN2O2. The van der Waals surface area contributed by atoms with Crippen molar-refractivity contribution in [2.45, 2.75) is 26.3 Å². The molecule has 1 heterocycles. The van der Waals surface area contributed by atoms with Crippen LogP contribution in [0.15, 0.2) is 18.2 Å². The van der Waals surface area contributed by atoms with E-state index in [1.54, 1.807) is 0 Å². The first-order valence-corrected chi connectivity index (χ1v) is 8.40. The summed E-state index contributed by atoms with van der Waals surface area (Å²) in [5.41, 5.74) is -0.0113. The van der Waals surface area contributed by atoms with Crippen molar-refractivity contribution in [1.82, 2.24) is 10.2 Å². The molecule has 0 saturated carbocycles. The molecule has 2 rings (SSSR count). The van der Waals surface area contributed by atoms with E-state index in [0.29, 0.717) is 30.7 Å². The van der Waals surface area contributed by atoms with Crippen LogP contribution in [0, 0.1) is 11.7 Å². The van der Waals surface area contributed by atoms with Crippen LogP contribution in [0.25, 0.3) is 0 Å². The number of halogens is 2. The standard InChI is InChI=1S/C17H24ClFN2O2/c1-12(2)9-14(21-5-7-23-8-6-21)11-20-17(22)15-10-13(18)3-4-16(15)19/h3-4,10,12,14H,5-9,11H2,1-2H3,(H,20,22). The van der Waals surface area contributed by atoms with E-state index < -0.39 is 11.7 Å². The number of nitrogens with zero attached hydrogens (tertiary/aromatic N) is 1. The van der Waals surface area contributed by atoms with Gasteiger partial charge in [-0.3, -0.25) is 9.69 Å². The molecule has 0 radical (unpaired) electrons. The van der Waals surface area contributed by atoms with Gasteiger partial charge in [0.1, 0.15) is 5.82 Å². The topological polar surface area (TPSA) is 41.6 Å². The first kappa shape index (κ1) is 18.2. The van der Waals surface area contributed by atoms with Crippen LogP contribution in [-0.2, 0) is 4.74 Å². The van der Waals surface area contributed by atoms with Gasteiger partial charge < -0.3 is 10.1 Å². The van der Waals surface area contributed by atoms with Crippen LogP contribution >= 0.6 is 11.6 Å². The van der Waals surface area contributed by atoms with Gasteiger partial charge in [-0.25, -0.2) is 4.39 Å². The molecule has 0 aliphatic carbocycles. The Morgan fingerprint density at radius 3 is 2.74 bits per heavy atom. The van der Waals surface area contributed by atoms with E-state index in [2.05, 4.69) is 24.1 Å². The molecule has 1 atom stereocenters. The quantitative estimate of drug-likeness (QED) is 0.864. The normalized spacial score (nSPS) is 17.3. The molecule has 6 heteroatoms. The van der Waals surface area contributed by atoms with Crippen LogP contribution in [0.3, 0.4) is 0 Å². The Labute approximate surface area is 141 Å². The molecule has 1 aromatic rings. The Morgan fingerprint density at radius 2 is 2.09 bits per heavy atom. The van der Waals surface area contributed by atoms with Crippen molar-refractivity contribution in [3.05, 3.63) is 34.6 Å². The molecule has 1 aromatic carbocycles. The molecule has 1 amide bonds. The lowest BCUT2D eigenvalue weighted by Gasteiger charge is -2.35. The summed E-state index contributed by atoms with van der Waals surface area (Å²) in [6, 6.07) is 4.23. The summed E-state index contributed by atoms with van der Waals surface area (Å²) in [5.74, 6) is -0.464. The number of benzene rings is 1. The Kier molecular flexibility index (Phi) is 6.81. The number of nitrogens with one attached hydrogen (secondary N) is 1. The highest BCUT2D eigenvalue weighted by Crippen LogP contribution is 2.16. The highest BCUT2D eigenvalue weighted by atomic mass is 35.5. The zero-order valence-corrected chi connectivity index (χ0v) is 14.4. The van der Waals surface area contributed by atoms with Crippen LogP contribution < -0.4 is 5.32 Å². The Balaban J connectivity index is 1.99. The number of morpholine rings is 1.